The zero-order chi connectivity index (χ0) is 14.5. The summed E-state index contributed by atoms with van der Waals surface area (Å²) in [5, 5.41) is 0. The fourth-order valence-corrected chi connectivity index (χ4v) is 5.88. The molecule has 0 saturated heterocycles. The third kappa shape index (κ3) is 4.73. The molecule has 3 atom stereocenters. The van der Waals surface area contributed by atoms with Gasteiger partial charge in [-0.25, -0.2) is 0 Å². The molecule has 0 heterocycles. The van der Waals surface area contributed by atoms with Crippen LogP contribution in [0.3, 0.4) is 0 Å². The van der Waals surface area contributed by atoms with Gasteiger partial charge in [0, 0.05) is 0 Å². The second-order valence-electron chi connectivity index (χ2n) is 8.90. The first-order chi connectivity index (χ1) is 10.3. The van der Waals surface area contributed by atoms with E-state index in [-0.39, 0.29) is 0 Å². The summed E-state index contributed by atoms with van der Waals surface area (Å²) in [6.07, 6.45) is 23.2. The van der Waals surface area contributed by atoms with Gasteiger partial charge >= 0.3 is 0 Å². The molecule has 0 amide bonds. The van der Waals surface area contributed by atoms with Crippen LogP contribution in [0, 0.1) is 29.6 Å². The van der Waals surface area contributed by atoms with E-state index in [1.165, 1.54) is 38.5 Å². The van der Waals surface area contributed by atoms with Gasteiger partial charge in [0.15, 0.2) is 0 Å². The van der Waals surface area contributed by atoms with E-state index in [2.05, 4.69) is 6.92 Å². The smallest absolute Gasteiger partial charge is 0.0386 e. The average Bonchev–Trinajstić information content (AvgIpc) is 2.52. The van der Waals surface area contributed by atoms with Crippen molar-refractivity contribution in [3.8, 4) is 0 Å². The molecule has 0 N–H and O–H groups in total. The lowest BCUT2D eigenvalue weighted by Gasteiger charge is -2.38. The van der Waals surface area contributed by atoms with Crippen LogP contribution in [-0.2, 0) is 0 Å². The van der Waals surface area contributed by atoms with E-state index in [9.17, 15) is 0 Å². The Hall–Kier alpha value is 0. The normalized spacial score (nSPS) is 36.7. The predicted molar refractivity (Wildman–Crippen MR) is 92.4 cm³/mol. The Morgan fingerprint density at radius 3 is 1.71 bits per heavy atom. The van der Waals surface area contributed by atoms with Crippen molar-refractivity contribution in [3.05, 3.63) is 0 Å². The topological polar surface area (TPSA) is 0 Å². The Morgan fingerprint density at radius 1 is 0.571 bits per heavy atom. The van der Waals surface area contributed by atoms with Crippen molar-refractivity contribution < 1.29 is 0 Å². The molecule has 0 aliphatic heterocycles. The fraction of sp³-hybridized carbons (Fsp3) is 1.00. The van der Waals surface area contributed by atoms with E-state index in [4.69, 9.17) is 0 Å². The number of rotatable bonds is 4. The van der Waals surface area contributed by atoms with Crippen LogP contribution in [-0.4, -0.2) is 0 Å². The third-order valence-electron chi connectivity index (χ3n) is 7.21. The van der Waals surface area contributed by atoms with Gasteiger partial charge in [-0.15, -0.1) is 0 Å². The lowest BCUT2D eigenvalue weighted by molar-refractivity contribution is 0.131. The lowest BCUT2D eigenvalue weighted by atomic mass is 9.67. The summed E-state index contributed by atoms with van der Waals surface area (Å²) in [7, 11) is 0. The van der Waals surface area contributed by atoms with Crippen molar-refractivity contribution in [3.63, 3.8) is 0 Å². The van der Waals surface area contributed by atoms with Crippen LogP contribution in [0.5, 0.6) is 0 Å². The average molecular weight is 291 g/mol. The van der Waals surface area contributed by atoms with E-state index in [1.54, 1.807) is 57.8 Å². The Labute approximate surface area is 133 Å². The zero-order valence-corrected chi connectivity index (χ0v) is 14.5. The molecule has 3 unspecified atom stereocenters. The highest BCUT2D eigenvalue weighted by Crippen LogP contribution is 2.43. The first-order valence-corrected chi connectivity index (χ1v) is 10.3. The van der Waals surface area contributed by atoms with Crippen molar-refractivity contribution in [2.75, 3.05) is 0 Å². The second kappa shape index (κ2) is 8.02. The maximum Gasteiger partial charge on any atom is -0.0386 e. The highest BCUT2D eigenvalue weighted by atomic mass is 14.4. The van der Waals surface area contributed by atoms with Crippen molar-refractivity contribution in [2.24, 2.45) is 29.6 Å². The van der Waals surface area contributed by atoms with E-state index in [0.717, 1.165) is 29.6 Å². The maximum atomic E-state index is 2.58. The summed E-state index contributed by atoms with van der Waals surface area (Å²) in [6.45, 7) is 2.58. The van der Waals surface area contributed by atoms with Crippen molar-refractivity contribution in [2.45, 2.75) is 103 Å². The zero-order valence-electron chi connectivity index (χ0n) is 14.5. The van der Waals surface area contributed by atoms with Crippen LogP contribution in [0.1, 0.15) is 103 Å². The van der Waals surface area contributed by atoms with Crippen molar-refractivity contribution in [1.29, 1.82) is 0 Å². The van der Waals surface area contributed by atoms with Crippen LogP contribution in [0.4, 0.5) is 0 Å². The van der Waals surface area contributed by atoms with Crippen LogP contribution in [0.2, 0.25) is 0 Å². The van der Waals surface area contributed by atoms with E-state index >= 15 is 0 Å². The van der Waals surface area contributed by atoms with Crippen LogP contribution >= 0.6 is 0 Å². The van der Waals surface area contributed by atoms with E-state index in [0.29, 0.717) is 0 Å². The summed E-state index contributed by atoms with van der Waals surface area (Å²) < 4.78 is 0. The molecule has 0 aromatic carbocycles. The van der Waals surface area contributed by atoms with Crippen LogP contribution in [0.15, 0.2) is 0 Å². The first-order valence-electron chi connectivity index (χ1n) is 10.3. The Kier molecular flexibility index (Phi) is 6.07. The molecule has 3 saturated carbocycles. The minimum Gasteiger partial charge on any atom is -0.0622 e. The number of hydrogen-bond acceptors (Lipinski definition) is 0. The first kappa shape index (κ1) is 15.9. The standard InChI is InChI=1S/C21H38/c1-17-14-20(15-18-8-4-2-5-9-18)12-13-21(17)16-19-10-6-3-7-11-19/h17-21H,2-16H2,1H3. The highest BCUT2D eigenvalue weighted by Gasteiger charge is 2.31. The summed E-state index contributed by atoms with van der Waals surface area (Å²) >= 11 is 0. The molecule has 0 bridgehead atoms. The molecule has 0 aromatic heterocycles. The van der Waals surface area contributed by atoms with Gasteiger partial charge in [0.1, 0.15) is 0 Å². The van der Waals surface area contributed by atoms with Gasteiger partial charge in [0.2, 0.25) is 0 Å². The minimum absolute atomic E-state index is 1.02. The van der Waals surface area contributed by atoms with Crippen molar-refractivity contribution >= 4 is 0 Å². The van der Waals surface area contributed by atoms with Gasteiger partial charge in [-0.05, 0) is 55.3 Å². The molecule has 3 aliphatic rings. The molecular weight excluding hydrogens is 252 g/mol. The molecule has 122 valence electrons. The van der Waals surface area contributed by atoms with Crippen molar-refractivity contribution in [1.82, 2.24) is 0 Å². The fourth-order valence-electron chi connectivity index (χ4n) is 5.88. The molecular formula is C21H38. The second-order valence-corrected chi connectivity index (χ2v) is 8.90. The van der Waals surface area contributed by atoms with E-state index in [1.807, 2.05) is 0 Å². The Balaban J connectivity index is 1.40. The number of hydrogen-bond donors (Lipinski definition) is 0. The van der Waals surface area contributed by atoms with Gasteiger partial charge < -0.3 is 0 Å². The minimum atomic E-state index is 1.02. The summed E-state index contributed by atoms with van der Waals surface area (Å²) in [5.41, 5.74) is 0. The monoisotopic (exact) mass is 290 g/mol. The van der Waals surface area contributed by atoms with Gasteiger partial charge in [-0.1, -0.05) is 77.6 Å². The summed E-state index contributed by atoms with van der Waals surface area (Å²) in [5.74, 6) is 5.39. The molecule has 0 heteroatoms. The molecule has 0 spiro atoms. The SMILES string of the molecule is CC1CC(CC2CCCCC2)CCC1CC1CCCCC1. The molecule has 0 nitrogen and oxygen atoms in total. The van der Waals surface area contributed by atoms with Gasteiger partial charge in [-0.2, -0.15) is 0 Å². The molecule has 0 radical (unpaired) electrons. The molecule has 3 fully saturated rings. The molecule has 3 rings (SSSR count). The van der Waals surface area contributed by atoms with Gasteiger partial charge in [0.25, 0.3) is 0 Å². The molecule has 21 heavy (non-hydrogen) atoms. The van der Waals surface area contributed by atoms with E-state index < -0.39 is 0 Å². The maximum absolute atomic E-state index is 2.58. The van der Waals surface area contributed by atoms with Gasteiger partial charge in [0.05, 0.1) is 0 Å². The predicted octanol–water partition coefficient (Wildman–Crippen LogP) is 6.98. The summed E-state index contributed by atoms with van der Waals surface area (Å²) in [6, 6.07) is 0. The molecule has 0 aromatic rings. The van der Waals surface area contributed by atoms with Crippen LogP contribution in [0.25, 0.3) is 0 Å². The lowest BCUT2D eigenvalue weighted by Crippen LogP contribution is -2.27. The quantitative estimate of drug-likeness (QED) is 0.524. The van der Waals surface area contributed by atoms with Crippen LogP contribution < -0.4 is 0 Å². The third-order valence-corrected chi connectivity index (χ3v) is 7.21. The summed E-state index contributed by atoms with van der Waals surface area (Å²) in [4.78, 5) is 0. The highest BCUT2D eigenvalue weighted by molar-refractivity contribution is 4.82. The largest absolute Gasteiger partial charge is 0.0622 e. The van der Waals surface area contributed by atoms with Gasteiger partial charge in [-0.3, -0.25) is 0 Å². The molecule has 3 aliphatic carbocycles. The Morgan fingerprint density at radius 2 is 1.14 bits per heavy atom. The Bertz CT molecular complexity index is 282.